The van der Waals surface area contributed by atoms with Gasteiger partial charge in [0.05, 0.1) is 0 Å². The first kappa shape index (κ1) is 12.4. The second-order valence-corrected chi connectivity index (χ2v) is 4.21. The summed E-state index contributed by atoms with van der Waals surface area (Å²) in [5, 5.41) is 3.47. The van der Waals surface area contributed by atoms with Crippen molar-refractivity contribution in [3.05, 3.63) is 58.7 Å². The Labute approximate surface area is 110 Å². The van der Waals surface area contributed by atoms with Crippen molar-refractivity contribution in [3.63, 3.8) is 0 Å². The summed E-state index contributed by atoms with van der Waals surface area (Å²) in [5.74, 6) is 0.146. The SMILES string of the molecule is Nc1cc(C(=O)NCc2ccc(Cl)cc2)ccn1. The number of hydrogen-bond acceptors (Lipinski definition) is 3. The fraction of sp³-hybridized carbons (Fsp3) is 0.0769. The summed E-state index contributed by atoms with van der Waals surface area (Å²) in [5.41, 5.74) is 6.99. The molecule has 0 saturated heterocycles. The number of nitrogens with two attached hydrogens (primary N) is 1. The molecule has 18 heavy (non-hydrogen) atoms. The van der Waals surface area contributed by atoms with E-state index >= 15 is 0 Å². The van der Waals surface area contributed by atoms with Gasteiger partial charge in [-0.25, -0.2) is 4.98 Å². The first-order chi connectivity index (χ1) is 8.65. The summed E-state index contributed by atoms with van der Waals surface area (Å²) >= 11 is 5.78. The van der Waals surface area contributed by atoms with Crippen molar-refractivity contribution in [2.45, 2.75) is 6.54 Å². The van der Waals surface area contributed by atoms with Crippen LogP contribution < -0.4 is 11.1 Å². The maximum absolute atomic E-state index is 11.8. The zero-order valence-corrected chi connectivity index (χ0v) is 10.3. The van der Waals surface area contributed by atoms with E-state index in [1.807, 2.05) is 12.1 Å². The van der Waals surface area contributed by atoms with Crippen LogP contribution in [0.15, 0.2) is 42.6 Å². The van der Waals surface area contributed by atoms with Gasteiger partial charge in [0.2, 0.25) is 0 Å². The van der Waals surface area contributed by atoms with E-state index in [1.54, 1.807) is 18.2 Å². The minimum absolute atomic E-state index is 0.181. The third kappa shape index (κ3) is 3.21. The van der Waals surface area contributed by atoms with Crippen molar-refractivity contribution in [3.8, 4) is 0 Å². The highest BCUT2D eigenvalue weighted by Crippen LogP contribution is 2.09. The molecule has 0 fully saturated rings. The van der Waals surface area contributed by atoms with Crippen LogP contribution in [-0.4, -0.2) is 10.9 Å². The number of carbonyl (C=O) groups is 1. The predicted octanol–water partition coefficient (Wildman–Crippen LogP) is 2.25. The number of halogens is 1. The first-order valence-electron chi connectivity index (χ1n) is 5.39. The number of pyridine rings is 1. The topological polar surface area (TPSA) is 68.0 Å². The van der Waals surface area contributed by atoms with Crippen molar-refractivity contribution >= 4 is 23.3 Å². The molecule has 1 amide bonds. The smallest absolute Gasteiger partial charge is 0.251 e. The maximum atomic E-state index is 11.8. The normalized spacial score (nSPS) is 10.1. The molecule has 0 aliphatic heterocycles. The fourth-order valence-electron chi connectivity index (χ4n) is 1.48. The Kier molecular flexibility index (Phi) is 3.79. The van der Waals surface area contributed by atoms with Gasteiger partial charge in [0.15, 0.2) is 0 Å². The number of amides is 1. The number of anilines is 1. The number of carbonyl (C=O) groups excluding carboxylic acids is 1. The van der Waals surface area contributed by atoms with Crippen LogP contribution in [0.4, 0.5) is 5.82 Å². The Hall–Kier alpha value is -2.07. The Balaban J connectivity index is 1.98. The van der Waals surface area contributed by atoms with Gasteiger partial charge in [-0.05, 0) is 29.8 Å². The molecule has 1 heterocycles. The lowest BCUT2D eigenvalue weighted by molar-refractivity contribution is 0.0951. The lowest BCUT2D eigenvalue weighted by atomic mass is 10.2. The van der Waals surface area contributed by atoms with E-state index < -0.39 is 0 Å². The molecule has 3 N–H and O–H groups in total. The molecule has 0 radical (unpaired) electrons. The largest absolute Gasteiger partial charge is 0.384 e. The number of benzene rings is 1. The Morgan fingerprint density at radius 2 is 2.00 bits per heavy atom. The number of nitrogen functional groups attached to an aromatic ring is 1. The van der Waals surface area contributed by atoms with Gasteiger partial charge in [0.1, 0.15) is 5.82 Å². The number of hydrogen-bond donors (Lipinski definition) is 2. The molecule has 1 aromatic carbocycles. The summed E-state index contributed by atoms with van der Waals surface area (Å²) in [4.78, 5) is 15.6. The lowest BCUT2D eigenvalue weighted by Crippen LogP contribution is -2.22. The first-order valence-corrected chi connectivity index (χ1v) is 5.77. The van der Waals surface area contributed by atoms with Crippen LogP contribution in [0.25, 0.3) is 0 Å². The van der Waals surface area contributed by atoms with Crippen molar-refractivity contribution < 1.29 is 4.79 Å². The Morgan fingerprint density at radius 3 is 2.67 bits per heavy atom. The van der Waals surface area contributed by atoms with Crippen LogP contribution in [0.2, 0.25) is 5.02 Å². The minimum Gasteiger partial charge on any atom is -0.384 e. The molecular weight excluding hydrogens is 250 g/mol. The molecule has 2 rings (SSSR count). The molecule has 4 nitrogen and oxygen atoms in total. The molecular formula is C13H12ClN3O. The van der Waals surface area contributed by atoms with E-state index in [4.69, 9.17) is 17.3 Å². The van der Waals surface area contributed by atoms with Crippen LogP contribution in [0.5, 0.6) is 0 Å². The minimum atomic E-state index is -0.181. The van der Waals surface area contributed by atoms with Crippen LogP contribution >= 0.6 is 11.6 Å². The number of rotatable bonds is 3. The van der Waals surface area contributed by atoms with Crippen molar-refractivity contribution in [2.24, 2.45) is 0 Å². The predicted molar refractivity (Wildman–Crippen MR) is 71.3 cm³/mol. The summed E-state index contributed by atoms with van der Waals surface area (Å²) < 4.78 is 0. The average molecular weight is 262 g/mol. The van der Waals surface area contributed by atoms with Gasteiger partial charge < -0.3 is 11.1 Å². The third-order valence-corrected chi connectivity index (χ3v) is 2.66. The standard InChI is InChI=1S/C13H12ClN3O/c14-11-3-1-9(2-4-11)8-17-13(18)10-5-6-16-12(15)7-10/h1-7H,8H2,(H2,15,16)(H,17,18). The molecule has 0 spiro atoms. The second kappa shape index (κ2) is 5.51. The number of nitrogens with one attached hydrogen (secondary N) is 1. The van der Waals surface area contributed by atoms with Gasteiger partial charge in [0.25, 0.3) is 5.91 Å². The molecule has 5 heteroatoms. The van der Waals surface area contributed by atoms with Crippen molar-refractivity contribution in [2.75, 3.05) is 5.73 Å². The lowest BCUT2D eigenvalue weighted by Gasteiger charge is -2.05. The average Bonchev–Trinajstić information content (AvgIpc) is 2.38. The van der Waals surface area contributed by atoms with Gasteiger partial charge in [-0.15, -0.1) is 0 Å². The number of aromatic nitrogens is 1. The monoisotopic (exact) mass is 261 g/mol. The maximum Gasteiger partial charge on any atom is 0.251 e. The van der Waals surface area contributed by atoms with Crippen molar-refractivity contribution in [1.29, 1.82) is 0 Å². The van der Waals surface area contributed by atoms with E-state index in [0.717, 1.165) is 5.56 Å². The van der Waals surface area contributed by atoms with Crippen LogP contribution in [-0.2, 0) is 6.54 Å². The van der Waals surface area contributed by atoms with Crippen LogP contribution in [0.3, 0.4) is 0 Å². The molecule has 0 aliphatic rings. The number of nitrogens with zero attached hydrogens (tertiary/aromatic N) is 1. The molecule has 0 bridgehead atoms. The molecule has 0 saturated carbocycles. The molecule has 0 aliphatic carbocycles. The Bertz CT molecular complexity index is 554. The zero-order chi connectivity index (χ0) is 13.0. The van der Waals surface area contributed by atoms with E-state index in [1.165, 1.54) is 12.3 Å². The molecule has 0 atom stereocenters. The second-order valence-electron chi connectivity index (χ2n) is 3.78. The summed E-state index contributed by atoms with van der Waals surface area (Å²) in [7, 11) is 0. The highest BCUT2D eigenvalue weighted by atomic mass is 35.5. The molecule has 92 valence electrons. The van der Waals surface area contributed by atoms with E-state index in [0.29, 0.717) is 22.9 Å². The van der Waals surface area contributed by atoms with E-state index in [-0.39, 0.29) is 5.91 Å². The summed E-state index contributed by atoms with van der Waals surface area (Å²) in [6.07, 6.45) is 1.51. The highest BCUT2D eigenvalue weighted by Gasteiger charge is 2.05. The van der Waals surface area contributed by atoms with Gasteiger partial charge in [0, 0.05) is 23.3 Å². The van der Waals surface area contributed by atoms with Crippen molar-refractivity contribution in [1.82, 2.24) is 10.3 Å². The van der Waals surface area contributed by atoms with E-state index in [9.17, 15) is 4.79 Å². The quantitative estimate of drug-likeness (QED) is 0.890. The molecule has 1 aromatic heterocycles. The van der Waals surface area contributed by atoms with Crippen LogP contribution in [0, 0.1) is 0 Å². The highest BCUT2D eigenvalue weighted by molar-refractivity contribution is 6.30. The van der Waals surface area contributed by atoms with Gasteiger partial charge in [-0.3, -0.25) is 4.79 Å². The summed E-state index contributed by atoms with van der Waals surface area (Å²) in [6, 6.07) is 10.5. The van der Waals surface area contributed by atoms with Gasteiger partial charge in [-0.2, -0.15) is 0 Å². The Morgan fingerprint density at radius 1 is 1.28 bits per heavy atom. The van der Waals surface area contributed by atoms with Crippen LogP contribution in [0.1, 0.15) is 15.9 Å². The zero-order valence-electron chi connectivity index (χ0n) is 9.56. The van der Waals surface area contributed by atoms with Gasteiger partial charge in [-0.1, -0.05) is 23.7 Å². The fourth-order valence-corrected chi connectivity index (χ4v) is 1.60. The summed E-state index contributed by atoms with van der Waals surface area (Å²) in [6.45, 7) is 0.443. The van der Waals surface area contributed by atoms with Gasteiger partial charge >= 0.3 is 0 Å². The molecule has 0 unspecified atom stereocenters. The van der Waals surface area contributed by atoms with E-state index in [2.05, 4.69) is 10.3 Å². The third-order valence-electron chi connectivity index (χ3n) is 2.41. The molecule has 2 aromatic rings.